The minimum atomic E-state index is 0.109. The maximum Gasteiger partial charge on any atom is 0.219 e. The van der Waals surface area contributed by atoms with Crippen molar-refractivity contribution in [1.82, 2.24) is 29.6 Å². The number of rotatable bonds is 7. The van der Waals surface area contributed by atoms with Crippen molar-refractivity contribution in [2.24, 2.45) is 5.92 Å². The summed E-state index contributed by atoms with van der Waals surface area (Å²) in [6, 6.07) is 7.71. The van der Waals surface area contributed by atoms with Crippen LogP contribution in [-0.4, -0.2) is 62.3 Å². The first-order valence-electron chi connectivity index (χ1n) is 12.1. The number of carbonyl (C=O) groups excluding carboxylic acids is 1. The number of nitrogens with zero attached hydrogens (tertiary/aromatic N) is 6. The van der Waals surface area contributed by atoms with E-state index in [4.69, 9.17) is 19.4 Å². The molecule has 0 bridgehead atoms. The van der Waals surface area contributed by atoms with Crippen LogP contribution in [0.5, 0.6) is 11.5 Å². The van der Waals surface area contributed by atoms with Gasteiger partial charge >= 0.3 is 0 Å². The summed E-state index contributed by atoms with van der Waals surface area (Å²) in [5.74, 6) is 2.79. The third kappa shape index (κ3) is 4.48. The number of aryl methyl sites for hydroxylation is 1. The Morgan fingerprint density at radius 3 is 2.69 bits per heavy atom. The molecule has 9 heteroatoms. The molecular formula is C27H30N6O3. The van der Waals surface area contributed by atoms with Gasteiger partial charge in [0.2, 0.25) is 5.91 Å². The van der Waals surface area contributed by atoms with Crippen LogP contribution in [0.25, 0.3) is 28.0 Å². The maximum atomic E-state index is 11.5. The lowest BCUT2D eigenvalue weighted by Gasteiger charge is -2.38. The summed E-state index contributed by atoms with van der Waals surface area (Å²) in [5, 5.41) is 5.61. The summed E-state index contributed by atoms with van der Waals surface area (Å²) in [6.07, 6.45) is 5.27. The molecule has 0 radical (unpaired) electrons. The van der Waals surface area contributed by atoms with Crippen molar-refractivity contribution in [3.05, 3.63) is 54.2 Å². The van der Waals surface area contributed by atoms with Crippen molar-refractivity contribution >= 4 is 16.8 Å². The van der Waals surface area contributed by atoms with Gasteiger partial charge in [-0.1, -0.05) is 13.8 Å². The molecule has 1 aliphatic heterocycles. The summed E-state index contributed by atoms with van der Waals surface area (Å²) in [6.45, 7) is 9.81. The summed E-state index contributed by atoms with van der Waals surface area (Å²) in [5.41, 5.74) is 4.23. The molecule has 0 saturated carbocycles. The molecule has 5 heterocycles. The Kier molecular flexibility index (Phi) is 6.30. The molecule has 0 N–H and O–H groups in total. The van der Waals surface area contributed by atoms with Crippen LogP contribution < -0.4 is 9.47 Å². The molecule has 5 rings (SSSR count). The average Bonchev–Trinajstić information content (AvgIpc) is 3.27. The lowest BCUT2D eigenvalue weighted by Crippen LogP contribution is -2.51. The lowest BCUT2D eigenvalue weighted by molar-refractivity contribution is -0.135. The Bertz CT molecular complexity index is 1420. The fourth-order valence-corrected chi connectivity index (χ4v) is 4.40. The van der Waals surface area contributed by atoms with Gasteiger partial charge in [-0.15, -0.1) is 0 Å². The predicted octanol–water partition coefficient (Wildman–Crippen LogP) is 4.18. The van der Waals surface area contributed by atoms with E-state index in [1.807, 2.05) is 47.0 Å². The highest BCUT2D eigenvalue weighted by molar-refractivity contribution is 5.86. The number of carbonyl (C=O) groups is 1. The minimum absolute atomic E-state index is 0.109. The Labute approximate surface area is 210 Å². The SMILES string of the molecule is COc1ccncc1-c1cc2c(cnn2-c2cc(OCC3CN(C(C)=O)C3)cc(C(C)C)n2)c(C)n1. The Morgan fingerprint density at radius 1 is 1.17 bits per heavy atom. The van der Waals surface area contributed by atoms with E-state index < -0.39 is 0 Å². The molecule has 1 fully saturated rings. The molecule has 36 heavy (non-hydrogen) atoms. The van der Waals surface area contributed by atoms with E-state index in [1.54, 1.807) is 26.4 Å². The molecular weight excluding hydrogens is 456 g/mol. The van der Waals surface area contributed by atoms with Crippen molar-refractivity contribution < 1.29 is 14.3 Å². The molecule has 1 saturated heterocycles. The third-order valence-electron chi connectivity index (χ3n) is 6.54. The average molecular weight is 487 g/mol. The van der Waals surface area contributed by atoms with Gasteiger partial charge in [-0.25, -0.2) is 9.67 Å². The van der Waals surface area contributed by atoms with E-state index in [9.17, 15) is 4.79 Å². The van der Waals surface area contributed by atoms with E-state index >= 15 is 0 Å². The van der Waals surface area contributed by atoms with Gasteiger partial charge in [0.15, 0.2) is 5.82 Å². The van der Waals surface area contributed by atoms with Gasteiger partial charge in [0.1, 0.15) is 11.5 Å². The van der Waals surface area contributed by atoms with Crippen molar-refractivity contribution in [2.75, 3.05) is 26.8 Å². The van der Waals surface area contributed by atoms with Gasteiger partial charge in [0.05, 0.1) is 36.7 Å². The van der Waals surface area contributed by atoms with Gasteiger partial charge in [0.25, 0.3) is 0 Å². The maximum absolute atomic E-state index is 11.5. The van der Waals surface area contributed by atoms with Crippen molar-refractivity contribution in [3.8, 4) is 28.6 Å². The third-order valence-corrected chi connectivity index (χ3v) is 6.54. The molecule has 0 aromatic carbocycles. The van der Waals surface area contributed by atoms with Gasteiger partial charge in [-0.2, -0.15) is 5.10 Å². The van der Waals surface area contributed by atoms with Crippen LogP contribution in [-0.2, 0) is 4.79 Å². The normalized spacial score (nSPS) is 13.8. The summed E-state index contributed by atoms with van der Waals surface area (Å²) in [7, 11) is 1.64. The quantitative estimate of drug-likeness (QED) is 0.387. The summed E-state index contributed by atoms with van der Waals surface area (Å²) < 4.78 is 13.5. The van der Waals surface area contributed by atoms with Gasteiger partial charge in [-0.3, -0.25) is 14.8 Å². The highest BCUT2D eigenvalue weighted by Gasteiger charge is 2.29. The first kappa shape index (κ1) is 23.7. The van der Waals surface area contributed by atoms with Gasteiger partial charge in [0, 0.05) is 67.2 Å². The van der Waals surface area contributed by atoms with Crippen molar-refractivity contribution in [2.45, 2.75) is 33.6 Å². The summed E-state index contributed by atoms with van der Waals surface area (Å²) >= 11 is 0. The number of pyridine rings is 3. The number of fused-ring (bicyclic) bond motifs is 1. The molecule has 9 nitrogen and oxygen atoms in total. The van der Waals surface area contributed by atoms with E-state index in [1.165, 1.54) is 0 Å². The van der Waals surface area contributed by atoms with E-state index in [0.29, 0.717) is 24.1 Å². The number of aromatic nitrogens is 5. The van der Waals surface area contributed by atoms with Crippen LogP contribution in [0.15, 0.2) is 42.9 Å². The Hall–Kier alpha value is -4.01. The minimum Gasteiger partial charge on any atom is -0.496 e. The van der Waals surface area contributed by atoms with Crippen molar-refractivity contribution in [1.29, 1.82) is 0 Å². The first-order valence-corrected chi connectivity index (χ1v) is 12.1. The van der Waals surface area contributed by atoms with Crippen LogP contribution in [0.2, 0.25) is 0 Å². The standard InChI is InChI=1S/C27H30N6O3/c1-16(2)23-8-20(36-15-19-13-32(14-19)18(4)34)9-27(31-23)33-25-10-24(30-17(3)21(25)12-29-33)22-11-28-7-6-26(22)35-5/h6-12,16,19H,13-15H2,1-5H3. The molecule has 0 unspecified atom stereocenters. The Balaban J connectivity index is 1.51. The molecule has 0 spiro atoms. The van der Waals surface area contributed by atoms with Crippen LogP contribution in [0.1, 0.15) is 38.1 Å². The van der Waals surface area contributed by atoms with Crippen LogP contribution in [0.3, 0.4) is 0 Å². The summed E-state index contributed by atoms with van der Waals surface area (Å²) in [4.78, 5) is 27.2. The lowest BCUT2D eigenvalue weighted by atomic mass is 10.0. The van der Waals surface area contributed by atoms with Gasteiger partial charge < -0.3 is 14.4 Å². The highest BCUT2D eigenvalue weighted by atomic mass is 16.5. The van der Waals surface area contributed by atoms with E-state index in [2.05, 4.69) is 23.9 Å². The van der Waals surface area contributed by atoms with Crippen LogP contribution in [0, 0.1) is 12.8 Å². The zero-order valence-corrected chi connectivity index (χ0v) is 21.2. The number of hydrogen-bond donors (Lipinski definition) is 0. The molecule has 0 atom stereocenters. The molecule has 1 aliphatic rings. The van der Waals surface area contributed by atoms with E-state index in [-0.39, 0.29) is 11.8 Å². The second kappa shape index (κ2) is 9.56. The Morgan fingerprint density at radius 2 is 1.97 bits per heavy atom. The molecule has 4 aromatic heterocycles. The number of ether oxygens (including phenoxy) is 2. The van der Waals surface area contributed by atoms with E-state index in [0.717, 1.165) is 52.4 Å². The van der Waals surface area contributed by atoms with Crippen molar-refractivity contribution in [3.63, 3.8) is 0 Å². The number of methoxy groups -OCH3 is 1. The molecule has 1 amide bonds. The fourth-order valence-electron chi connectivity index (χ4n) is 4.40. The smallest absolute Gasteiger partial charge is 0.219 e. The highest BCUT2D eigenvalue weighted by Crippen LogP contribution is 2.32. The molecule has 4 aromatic rings. The fraction of sp³-hybridized carbons (Fsp3) is 0.370. The second-order valence-corrected chi connectivity index (χ2v) is 9.50. The van der Waals surface area contributed by atoms with Gasteiger partial charge in [-0.05, 0) is 25.0 Å². The molecule has 186 valence electrons. The van der Waals surface area contributed by atoms with Crippen LogP contribution in [0.4, 0.5) is 0 Å². The van der Waals surface area contributed by atoms with Crippen LogP contribution >= 0.6 is 0 Å². The largest absolute Gasteiger partial charge is 0.496 e. The number of amides is 1. The second-order valence-electron chi connectivity index (χ2n) is 9.50. The number of hydrogen-bond acceptors (Lipinski definition) is 7. The zero-order valence-electron chi connectivity index (χ0n) is 21.2. The topological polar surface area (TPSA) is 95.3 Å². The number of likely N-dealkylation sites (tertiary alicyclic amines) is 1. The predicted molar refractivity (Wildman–Crippen MR) is 137 cm³/mol. The zero-order chi connectivity index (χ0) is 25.4. The molecule has 0 aliphatic carbocycles. The first-order chi connectivity index (χ1) is 17.3. The monoisotopic (exact) mass is 486 g/mol.